The summed E-state index contributed by atoms with van der Waals surface area (Å²) in [5.74, 6) is -6.07. The predicted octanol–water partition coefficient (Wildman–Crippen LogP) is 2.74. The number of rotatable bonds is 4. The Balaban J connectivity index is 1.73. The fourth-order valence-corrected chi connectivity index (χ4v) is 5.94. The van der Waals surface area contributed by atoms with Gasteiger partial charge in [0.15, 0.2) is 11.4 Å². The van der Waals surface area contributed by atoms with E-state index >= 15 is 0 Å². The molecule has 9 nitrogen and oxygen atoms in total. The summed E-state index contributed by atoms with van der Waals surface area (Å²) in [4.78, 5) is 37.9. The molecule has 9 heteroatoms. The number of Topliss-reactive ketones (excluding diaryl/α,β-unsaturated/α-hetero) is 2. The van der Waals surface area contributed by atoms with E-state index in [4.69, 9.17) is 10.5 Å². The molecule has 3 aliphatic carbocycles. The van der Waals surface area contributed by atoms with Crippen LogP contribution in [0.15, 0.2) is 53.8 Å². The summed E-state index contributed by atoms with van der Waals surface area (Å²) in [6.45, 7) is 3.80. The van der Waals surface area contributed by atoms with E-state index in [-0.39, 0.29) is 36.1 Å². The minimum Gasteiger partial charge on any atom is -0.508 e. The van der Waals surface area contributed by atoms with Crippen molar-refractivity contribution < 1.29 is 39.5 Å². The van der Waals surface area contributed by atoms with Crippen LogP contribution in [-0.4, -0.2) is 50.6 Å². The Kier molecular flexibility index (Phi) is 5.49. The number of ketones is 2. The van der Waals surface area contributed by atoms with Gasteiger partial charge < -0.3 is 30.9 Å². The lowest BCUT2D eigenvalue weighted by Gasteiger charge is -2.46. The molecule has 1 amide bonds. The Morgan fingerprint density at radius 1 is 1.14 bits per heavy atom. The van der Waals surface area contributed by atoms with Crippen molar-refractivity contribution in [1.82, 2.24) is 0 Å². The van der Waals surface area contributed by atoms with E-state index in [0.29, 0.717) is 22.4 Å². The number of phenolic OH excluding ortho intramolecular Hbond substituents is 1. The Morgan fingerprint density at radius 2 is 1.86 bits per heavy atom. The summed E-state index contributed by atoms with van der Waals surface area (Å²) in [6, 6.07) is 8.54. The molecule has 190 valence electrons. The van der Waals surface area contributed by atoms with Gasteiger partial charge in [0, 0.05) is 23.5 Å². The molecule has 37 heavy (non-hydrogen) atoms. The number of fused-ring (bicyclic) bond motifs is 3. The van der Waals surface area contributed by atoms with Gasteiger partial charge in [-0.2, -0.15) is 0 Å². The topological polar surface area (TPSA) is 167 Å². The van der Waals surface area contributed by atoms with Crippen molar-refractivity contribution in [3.63, 3.8) is 0 Å². The van der Waals surface area contributed by atoms with Gasteiger partial charge in [-0.3, -0.25) is 14.4 Å². The molecule has 0 bridgehead atoms. The zero-order chi connectivity index (χ0) is 26.8. The first-order valence-corrected chi connectivity index (χ1v) is 11.7. The summed E-state index contributed by atoms with van der Waals surface area (Å²) < 4.78 is 5.54. The second kappa shape index (κ2) is 8.35. The first-order chi connectivity index (χ1) is 17.5. The third-order valence-corrected chi connectivity index (χ3v) is 7.70. The summed E-state index contributed by atoms with van der Waals surface area (Å²) in [5.41, 5.74) is 4.37. The van der Waals surface area contributed by atoms with E-state index in [1.807, 2.05) is 12.1 Å². The molecule has 0 radical (unpaired) electrons. The van der Waals surface area contributed by atoms with E-state index in [2.05, 4.69) is 6.58 Å². The van der Waals surface area contributed by atoms with Crippen LogP contribution in [0.25, 0.3) is 23.0 Å². The smallest absolute Gasteiger partial charge is 0.255 e. The molecule has 3 atom stereocenters. The number of benzene rings is 2. The highest BCUT2D eigenvalue weighted by atomic mass is 16.5. The van der Waals surface area contributed by atoms with E-state index in [9.17, 15) is 34.8 Å². The van der Waals surface area contributed by atoms with Crippen molar-refractivity contribution in [1.29, 1.82) is 0 Å². The molecule has 0 unspecified atom stereocenters. The number of aliphatic hydroxyl groups excluding tert-OH is 2. The van der Waals surface area contributed by atoms with Crippen molar-refractivity contribution in [2.24, 2.45) is 17.6 Å². The SMILES string of the molecule is C=Cc1ccc(OC)c(-c2ccc(O)c3c2C[C@H]2C[C@H]4CC(=O)C(C(N)=O)=C(O)[C@@]4(O)C(=O)C2=C3O)c1. The van der Waals surface area contributed by atoms with Gasteiger partial charge in [-0.05, 0) is 53.6 Å². The lowest BCUT2D eigenvalue weighted by Crippen LogP contribution is -2.58. The monoisotopic (exact) mass is 503 g/mol. The number of carbonyl (C=O) groups is 3. The van der Waals surface area contributed by atoms with Gasteiger partial charge >= 0.3 is 0 Å². The normalized spacial score (nSPS) is 24.8. The molecule has 0 saturated heterocycles. The van der Waals surface area contributed by atoms with Gasteiger partial charge in [-0.15, -0.1) is 0 Å². The third kappa shape index (κ3) is 3.31. The zero-order valence-corrected chi connectivity index (χ0v) is 19.9. The molecule has 2 aromatic carbocycles. The van der Waals surface area contributed by atoms with E-state index < -0.39 is 52.0 Å². The average Bonchev–Trinajstić information content (AvgIpc) is 2.85. The van der Waals surface area contributed by atoms with E-state index in [0.717, 1.165) is 5.56 Å². The number of aliphatic hydroxyl groups is 3. The van der Waals surface area contributed by atoms with E-state index in [1.54, 1.807) is 18.2 Å². The summed E-state index contributed by atoms with van der Waals surface area (Å²) in [6.07, 6.45) is 1.55. The molecule has 1 saturated carbocycles. The Morgan fingerprint density at radius 3 is 2.51 bits per heavy atom. The van der Waals surface area contributed by atoms with Crippen molar-refractivity contribution in [2.45, 2.75) is 24.9 Å². The maximum absolute atomic E-state index is 13.6. The standard InChI is InChI=1S/C28H25NO8/c1-3-12-4-7-20(37-2)16(8-12)15-5-6-18(30)22-17(15)10-13-9-14-11-19(31)23(27(29)35)26(34)28(14,36)25(33)21(13)24(22)32/h3-8,13-14,30,32,34,36H,1,9-11H2,2H3,(H2,29,35)/t13-,14+,28+/m1/s1. The fourth-order valence-electron chi connectivity index (χ4n) is 5.94. The highest BCUT2D eigenvalue weighted by Gasteiger charge is 2.60. The second-order valence-corrected chi connectivity index (χ2v) is 9.56. The lowest BCUT2D eigenvalue weighted by atomic mass is 9.59. The number of hydrogen-bond acceptors (Lipinski definition) is 8. The maximum atomic E-state index is 13.6. The number of primary amides is 1. The van der Waals surface area contributed by atoms with Gasteiger partial charge in [0.05, 0.1) is 12.7 Å². The number of ether oxygens (including phenoxy) is 1. The van der Waals surface area contributed by atoms with Gasteiger partial charge in [-0.25, -0.2) is 0 Å². The number of aromatic hydroxyl groups is 1. The molecule has 1 fully saturated rings. The van der Waals surface area contributed by atoms with Gasteiger partial charge in [0.2, 0.25) is 5.78 Å². The second-order valence-electron chi connectivity index (χ2n) is 9.56. The molecule has 0 heterocycles. The molecule has 0 aromatic heterocycles. The van der Waals surface area contributed by atoms with Crippen molar-refractivity contribution >= 4 is 29.3 Å². The van der Waals surface area contributed by atoms with Crippen LogP contribution in [-0.2, 0) is 20.8 Å². The van der Waals surface area contributed by atoms with Crippen LogP contribution in [0, 0.1) is 11.8 Å². The Labute approximate surface area is 211 Å². The van der Waals surface area contributed by atoms with Gasteiger partial charge in [0.25, 0.3) is 5.91 Å². The van der Waals surface area contributed by atoms with Crippen molar-refractivity contribution in [3.8, 4) is 22.6 Å². The number of methoxy groups -OCH3 is 1. The first kappa shape index (κ1) is 24.3. The predicted molar refractivity (Wildman–Crippen MR) is 133 cm³/mol. The first-order valence-electron chi connectivity index (χ1n) is 11.7. The van der Waals surface area contributed by atoms with Crippen LogP contribution in [0.2, 0.25) is 0 Å². The molecule has 0 aliphatic heterocycles. The number of phenols is 1. The largest absolute Gasteiger partial charge is 0.508 e. The molecule has 6 N–H and O–H groups in total. The zero-order valence-electron chi connectivity index (χ0n) is 19.9. The molecular weight excluding hydrogens is 478 g/mol. The average molecular weight is 504 g/mol. The van der Waals surface area contributed by atoms with Crippen LogP contribution in [0.4, 0.5) is 0 Å². The Bertz CT molecular complexity index is 1480. The summed E-state index contributed by atoms with van der Waals surface area (Å²) in [7, 11) is 1.52. The lowest BCUT2D eigenvalue weighted by molar-refractivity contribution is -0.147. The summed E-state index contributed by atoms with van der Waals surface area (Å²) >= 11 is 0. The minimum atomic E-state index is -2.59. The van der Waals surface area contributed by atoms with Crippen molar-refractivity contribution in [3.05, 3.63) is 70.5 Å². The highest BCUT2D eigenvalue weighted by Crippen LogP contribution is 2.53. The van der Waals surface area contributed by atoms with Crippen LogP contribution in [0.1, 0.15) is 29.5 Å². The van der Waals surface area contributed by atoms with Crippen LogP contribution in [0.5, 0.6) is 11.5 Å². The minimum absolute atomic E-state index is 0.0238. The number of carbonyl (C=O) groups excluding carboxylic acids is 3. The van der Waals surface area contributed by atoms with Crippen molar-refractivity contribution in [2.75, 3.05) is 7.11 Å². The van der Waals surface area contributed by atoms with Gasteiger partial charge in [-0.1, -0.05) is 24.8 Å². The number of hydrogen-bond donors (Lipinski definition) is 5. The molecule has 5 rings (SSSR count). The Hall–Kier alpha value is -4.37. The third-order valence-electron chi connectivity index (χ3n) is 7.70. The molecule has 2 aromatic rings. The number of amides is 1. The van der Waals surface area contributed by atoms with Crippen LogP contribution >= 0.6 is 0 Å². The van der Waals surface area contributed by atoms with Crippen LogP contribution < -0.4 is 10.5 Å². The number of nitrogens with two attached hydrogens (primary N) is 1. The molecular formula is C28H25NO8. The quantitative estimate of drug-likeness (QED) is 0.397. The highest BCUT2D eigenvalue weighted by molar-refractivity contribution is 6.22. The summed E-state index contributed by atoms with van der Waals surface area (Å²) in [5, 5.41) is 44.0. The maximum Gasteiger partial charge on any atom is 0.255 e. The fraction of sp³-hybridized carbons (Fsp3) is 0.250. The van der Waals surface area contributed by atoms with Crippen LogP contribution in [0.3, 0.4) is 0 Å². The van der Waals surface area contributed by atoms with Gasteiger partial charge in [0.1, 0.15) is 28.6 Å². The molecule has 3 aliphatic rings. The molecule has 0 spiro atoms. The van der Waals surface area contributed by atoms with E-state index in [1.165, 1.54) is 13.2 Å².